The van der Waals surface area contributed by atoms with Gasteiger partial charge in [-0.3, -0.25) is 9.89 Å². The van der Waals surface area contributed by atoms with Gasteiger partial charge in [0.2, 0.25) is 5.91 Å². The van der Waals surface area contributed by atoms with Crippen LogP contribution in [0.2, 0.25) is 0 Å². The number of benzene rings is 1. The molecular weight excluding hydrogens is 266 g/mol. The lowest BCUT2D eigenvalue weighted by Gasteiger charge is -2.07. The summed E-state index contributed by atoms with van der Waals surface area (Å²) in [6, 6.07) is 7.89. The van der Waals surface area contributed by atoms with Crippen LogP contribution in [0.5, 0.6) is 5.75 Å². The number of aryl methyl sites for hydroxylation is 2. The van der Waals surface area contributed by atoms with Gasteiger partial charge in [0, 0.05) is 12.0 Å². The van der Waals surface area contributed by atoms with E-state index in [-0.39, 0.29) is 5.91 Å². The van der Waals surface area contributed by atoms with Gasteiger partial charge in [-0.1, -0.05) is 24.6 Å². The van der Waals surface area contributed by atoms with Gasteiger partial charge in [0.05, 0.1) is 12.8 Å². The Hall–Kier alpha value is -2.30. The molecule has 0 radical (unpaired) electrons. The quantitative estimate of drug-likeness (QED) is 0.769. The number of hydrogen-bond donors (Lipinski definition) is 2. The fourth-order valence-corrected chi connectivity index (χ4v) is 1.95. The molecule has 112 valence electrons. The number of anilines is 1. The molecular formula is C16H21N3O2. The SMILES string of the molecule is CCc1cn[nH]c1NC(=O)CCCOc1ccc(C)cc1. The number of carbonyl (C=O) groups excluding carboxylic acids is 1. The van der Waals surface area contributed by atoms with Crippen LogP contribution in [-0.2, 0) is 11.2 Å². The number of aromatic amines is 1. The number of hydrogen-bond acceptors (Lipinski definition) is 3. The van der Waals surface area contributed by atoms with Crippen molar-refractivity contribution in [1.82, 2.24) is 10.2 Å². The zero-order valence-electron chi connectivity index (χ0n) is 12.5. The molecule has 0 atom stereocenters. The normalized spacial score (nSPS) is 10.4. The maximum Gasteiger partial charge on any atom is 0.225 e. The molecule has 1 aromatic carbocycles. The molecule has 1 aromatic heterocycles. The van der Waals surface area contributed by atoms with E-state index in [2.05, 4.69) is 15.5 Å². The summed E-state index contributed by atoms with van der Waals surface area (Å²) in [6.45, 7) is 4.59. The summed E-state index contributed by atoms with van der Waals surface area (Å²) >= 11 is 0. The molecule has 2 aromatic rings. The van der Waals surface area contributed by atoms with E-state index in [0.717, 1.165) is 17.7 Å². The van der Waals surface area contributed by atoms with Gasteiger partial charge in [-0.2, -0.15) is 5.10 Å². The molecule has 0 aliphatic rings. The first-order valence-corrected chi connectivity index (χ1v) is 7.20. The number of aromatic nitrogens is 2. The number of nitrogens with one attached hydrogen (secondary N) is 2. The van der Waals surface area contributed by atoms with Crippen LogP contribution >= 0.6 is 0 Å². The first-order valence-electron chi connectivity index (χ1n) is 7.20. The molecule has 0 bridgehead atoms. The zero-order chi connectivity index (χ0) is 15.1. The molecule has 0 saturated carbocycles. The second kappa shape index (κ2) is 7.47. The Morgan fingerprint density at radius 1 is 1.33 bits per heavy atom. The van der Waals surface area contributed by atoms with E-state index in [4.69, 9.17) is 4.74 Å². The Morgan fingerprint density at radius 3 is 2.81 bits per heavy atom. The molecule has 0 unspecified atom stereocenters. The van der Waals surface area contributed by atoms with Gasteiger partial charge in [0.15, 0.2) is 0 Å². The third-order valence-electron chi connectivity index (χ3n) is 3.20. The summed E-state index contributed by atoms with van der Waals surface area (Å²) < 4.78 is 5.59. The molecule has 1 heterocycles. The van der Waals surface area contributed by atoms with Crippen LogP contribution in [-0.4, -0.2) is 22.7 Å². The van der Waals surface area contributed by atoms with E-state index in [1.54, 1.807) is 6.20 Å². The number of carbonyl (C=O) groups is 1. The van der Waals surface area contributed by atoms with Crippen molar-refractivity contribution in [2.24, 2.45) is 0 Å². The average Bonchev–Trinajstić information content (AvgIpc) is 2.92. The van der Waals surface area contributed by atoms with Gasteiger partial charge in [0.25, 0.3) is 0 Å². The van der Waals surface area contributed by atoms with Crippen molar-refractivity contribution in [2.45, 2.75) is 33.1 Å². The van der Waals surface area contributed by atoms with Crippen molar-refractivity contribution in [1.29, 1.82) is 0 Å². The standard InChI is InChI=1S/C16H21N3O2/c1-3-13-11-17-19-16(13)18-15(20)5-4-10-21-14-8-6-12(2)7-9-14/h6-9,11H,3-5,10H2,1-2H3,(H2,17,18,19,20). The van der Waals surface area contributed by atoms with Crippen LogP contribution in [0, 0.1) is 6.92 Å². The summed E-state index contributed by atoms with van der Waals surface area (Å²) in [5.74, 6) is 1.51. The molecule has 1 amide bonds. The number of H-pyrrole nitrogens is 1. The number of rotatable bonds is 7. The van der Waals surface area contributed by atoms with Gasteiger partial charge in [-0.25, -0.2) is 0 Å². The highest BCUT2D eigenvalue weighted by Gasteiger charge is 2.07. The Balaban J connectivity index is 1.68. The number of ether oxygens (including phenoxy) is 1. The lowest BCUT2D eigenvalue weighted by molar-refractivity contribution is -0.116. The van der Waals surface area contributed by atoms with E-state index in [1.807, 2.05) is 38.1 Å². The minimum atomic E-state index is -0.0264. The van der Waals surface area contributed by atoms with Crippen LogP contribution in [0.15, 0.2) is 30.5 Å². The van der Waals surface area contributed by atoms with Crippen molar-refractivity contribution in [3.05, 3.63) is 41.6 Å². The molecule has 0 aliphatic heterocycles. The Bertz CT molecular complexity index is 575. The fourth-order valence-electron chi connectivity index (χ4n) is 1.95. The number of nitrogens with zero attached hydrogens (tertiary/aromatic N) is 1. The lowest BCUT2D eigenvalue weighted by atomic mass is 10.2. The first-order chi connectivity index (χ1) is 10.2. The predicted molar refractivity (Wildman–Crippen MR) is 82.5 cm³/mol. The highest BCUT2D eigenvalue weighted by atomic mass is 16.5. The van der Waals surface area contributed by atoms with E-state index < -0.39 is 0 Å². The third kappa shape index (κ3) is 4.63. The largest absolute Gasteiger partial charge is 0.494 e. The van der Waals surface area contributed by atoms with Gasteiger partial charge < -0.3 is 10.1 Å². The molecule has 2 rings (SSSR count). The summed E-state index contributed by atoms with van der Waals surface area (Å²) in [7, 11) is 0. The van der Waals surface area contributed by atoms with Crippen LogP contribution < -0.4 is 10.1 Å². The maximum absolute atomic E-state index is 11.8. The van der Waals surface area contributed by atoms with Crippen molar-refractivity contribution < 1.29 is 9.53 Å². The molecule has 0 fully saturated rings. The highest BCUT2D eigenvalue weighted by Crippen LogP contribution is 2.13. The summed E-state index contributed by atoms with van der Waals surface area (Å²) in [4.78, 5) is 11.8. The average molecular weight is 287 g/mol. The summed E-state index contributed by atoms with van der Waals surface area (Å²) in [5.41, 5.74) is 2.22. The molecule has 0 saturated heterocycles. The van der Waals surface area contributed by atoms with Gasteiger partial charge in [0.1, 0.15) is 11.6 Å². The molecule has 0 aliphatic carbocycles. The molecule has 21 heavy (non-hydrogen) atoms. The van der Waals surface area contributed by atoms with Crippen LogP contribution in [0.25, 0.3) is 0 Å². The number of amides is 1. The lowest BCUT2D eigenvalue weighted by Crippen LogP contribution is -2.14. The van der Waals surface area contributed by atoms with Crippen molar-refractivity contribution in [2.75, 3.05) is 11.9 Å². The summed E-state index contributed by atoms with van der Waals surface area (Å²) in [6.07, 6.45) is 3.67. The first kappa shape index (κ1) is 15.1. The van der Waals surface area contributed by atoms with Gasteiger partial charge in [-0.15, -0.1) is 0 Å². The maximum atomic E-state index is 11.8. The van der Waals surface area contributed by atoms with E-state index in [9.17, 15) is 4.79 Å². The van der Waals surface area contributed by atoms with Gasteiger partial charge in [-0.05, 0) is 31.9 Å². The molecule has 0 spiro atoms. The smallest absolute Gasteiger partial charge is 0.225 e. The molecule has 5 nitrogen and oxygen atoms in total. The third-order valence-corrected chi connectivity index (χ3v) is 3.20. The fraction of sp³-hybridized carbons (Fsp3) is 0.375. The topological polar surface area (TPSA) is 67.0 Å². The van der Waals surface area contributed by atoms with Gasteiger partial charge >= 0.3 is 0 Å². The Labute approximate surface area is 124 Å². The highest BCUT2D eigenvalue weighted by molar-refractivity contribution is 5.90. The van der Waals surface area contributed by atoms with Crippen LogP contribution in [0.3, 0.4) is 0 Å². The Morgan fingerprint density at radius 2 is 2.10 bits per heavy atom. The summed E-state index contributed by atoms with van der Waals surface area (Å²) in [5, 5.41) is 9.56. The second-order valence-electron chi connectivity index (χ2n) is 4.94. The molecule has 2 N–H and O–H groups in total. The van der Waals surface area contributed by atoms with E-state index in [1.165, 1.54) is 5.56 Å². The van der Waals surface area contributed by atoms with E-state index >= 15 is 0 Å². The van der Waals surface area contributed by atoms with Crippen molar-refractivity contribution in [3.8, 4) is 5.75 Å². The van der Waals surface area contributed by atoms with Crippen molar-refractivity contribution >= 4 is 11.7 Å². The second-order valence-corrected chi connectivity index (χ2v) is 4.94. The van der Waals surface area contributed by atoms with Crippen LogP contribution in [0.1, 0.15) is 30.9 Å². The van der Waals surface area contributed by atoms with Crippen LogP contribution in [0.4, 0.5) is 5.82 Å². The monoisotopic (exact) mass is 287 g/mol. The Kier molecular flexibility index (Phi) is 5.37. The minimum absolute atomic E-state index is 0.0264. The predicted octanol–water partition coefficient (Wildman–Crippen LogP) is 3.08. The minimum Gasteiger partial charge on any atom is -0.494 e. The molecule has 5 heteroatoms. The van der Waals surface area contributed by atoms with E-state index in [0.29, 0.717) is 25.3 Å². The zero-order valence-corrected chi connectivity index (χ0v) is 12.5. The van der Waals surface area contributed by atoms with Crippen molar-refractivity contribution in [3.63, 3.8) is 0 Å².